The Labute approximate surface area is 154 Å². The van der Waals surface area contributed by atoms with Gasteiger partial charge in [-0.3, -0.25) is 9.62 Å². The van der Waals surface area contributed by atoms with E-state index in [0.29, 0.717) is 16.4 Å². The molecule has 0 saturated heterocycles. The van der Waals surface area contributed by atoms with Crippen LogP contribution in [0.2, 0.25) is 5.15 Å². The number of aryl methyl sites for hydroxylation is 1. The van der Waals surface area contributed by atoms with E-state index in [-0.39, 0.29) is 4.90 Å². The number of hydrogen-bond acceptors (Lipinski definition) is 4. The third-order valence-corrected chi connectivity index (χ3v) is 6.15. The number of fused-ring (bicyclic) bond motifs is 1. The van der Waals surface area contributed by atoms with Crippen molar-refractivity contribution in [2.75, 3.05) is 11.3 Å². The normalized spacial score (nSPS) is 14.5. The van der Waals surface area contributed by atoms with Crippen LogP contribution < -0.4 is 4.72 Å². The molecule has 0 saturated carbocycles. The molecule has 0 amide bonds. The lowest BCUT2D eigenvalue weighted by atomic mass is 10.1. The number of aromatic nitrogens is 1. The van der Waals surface area contributed by atoms with Gasteiger partial charge in [0.15, 0.2) is 0 Å². The maximum atomic E-state index is 12.7. The lowest BCUT2D eigenvalue weighted by molar-refractivity contribution is 0.279. The van der Waals surface area contributed by atoms with Gasteiger partial charge in [0.05, 0.1) is 5.69 Å². The fourth-order valence-electron chi connectivity index (χ4n) is 3.01. The summed E-state index contributed by atoms with van der Waals surface area (Å²) in [5, 5.41) is 0.311. The van der Waals surface area contributed by atoms with Crippen molar-refractivity contribution in [2.24, 2.45) is 0 Å². The van der Waals surface area contributed by atoms with E-state index in [4.69, 9.17) is 11.6 Å². The van der Waals surface area contributed by atoms with Gasteiger partial charge in [-0.15, -0.1) is 0 Å². The zero-order valence-corrected chi connectivity index (χ0v) is 16.0. The predicted octanol–water partition coefficient (Wildman–Crippen LogP) is 3.96. The van der Waals surface area contributed by atoms with Crippen molar-refractivity contribution in [2.45, 2.75) is 44.7 Å². The summed E-state index contributed by atoms with van der Waals surface area (Å²) in [4.78, 5) is 6.41. The van der Waals surface area contributed by atoms with E-state index in [9.17, 15) is 8.42 Å². The van der Waals surface area contributed by atoms with Crippen LogP contribution in [0.3, 0.4) is 0 Å². The van der Waals surface area contributed by atoms with E-state index in [1.54, 1.807) is 6.92 Å². The van der Waals surface area contributed by atoms with Gasteiger partial charge in [0.1, 0.15) is 10.0 Å². The Bertz CT molecular complexity index is 884. The van der Waals surface area contributed by atoms with E-state index >= 15 is 0 Å². The van der Waals surface area contributed by atoms with Crippen LogP contribution in [-0.2, 0) is 23.1 Å². The van der Waals surface area contributed by atoms with Gasteiger partial charge in [0, 0.05) is 19.3 Å². The number of anilines is 1. The number of benzene rings is 1. The number of nitrogens with one attached hydrogen (secondary N) is 1. The first-order valence-corrected chi connectivity index (χ1v) is 10.2. The average molecular weight is 380 g/mol. The van der Waals surface area contributed by atoms with E-state index in [1.807, 2.05) is 12.1 Å². The van der Waals surface area contributed by atoms with Gasteiger partial charge in [-0.2, -0.15) is 0 Å². The highest BCUT2D eigenvalue weighted by atomic mass is 35.5. The maximum Gasteiger partial charge on any atom is 0.263 e. The minimum absolute atomic E-state index is 0.118. The number of rotatable bonds is 6. The van der Waals surface area contributed by atoms with Crippen molar-refractivity contribution in [1.82, 2.24) is 9.88 Å². The van der Waals surface area contributed by atoms with Gasteiger partial charge < -0.3 is 0 Å². The lowest BCUT2D eigenvalue weighted by Crippen LogP contribution is -2.18. The summed E-state index contributed by atoms with van der Waals surface area (Å²) < 4.78 is 28.1. The van der Waals surface area contributed by atoms with Crippen LogP contribution >= 0.6 is 11.6 Å². The van der Waals surface area contributed by atoms with Crippen molar-refractivity contribution in [1.29, 1.82) is 0 Å². The van der Waals surface area contributed by atoms with Gasteiger partial charge in [-0.25, -0.2) is 13.4 Å². The highest BCUT2D eigenvalue weighted by Crippen LogP contribution is 2.31. The van der Waals surface area contributed by atoms with Crippen molar-refractivity contribution in [3.63, 3.8) is 0 Å². The summed E-state index contributed by atoms with van der Waals surface area (Å²) in [6.45, 7) is 6.57. The molecule has 0 unspecified atom stereocenters. The largest absolute Gasteiger partial charge is 0.295 e. The molecule has 0 bridgehead atoms. The monoisotopic (exact) mass is 379 g/mol. The van der Waals surface area contributed by atoms with Crippen molar-refractivity contribution in [3.8, 4) is 0 Å². The molecule has 1 N–H and O–H groups in total. The summed E-state index contributed by atoms with van der Waals surface area (Å²) in [5.74, 6) is 0. The molecular formula is C18H22ClN3O2S. The Balaban J connectivity index is 1.85. The van der Waals surface area contributed by atoms with E-state index in [2.05, 4.69) is 27.6 Å². The van der Waals surface area contributed by atoms with Crippen LogP contribution in [0.25, 0.3) is 0 Å². The van der Waals surface area contributed by atoms with Crippen molar-refractivity contribution >= 4 is 27.3 Å². The first-order chi connectivity index (χ1) is 11.9. The molecular weight excluding hydrogens is 358 g/mol. The smallest absolute Gasteiger partial charge is 0.263 e. The molecule has 0 radical (unpaired) electrons. The number of unbranched alkanes of at least 4 members (excludes halogenated alkanes) is 1. The standard InChI is InChI=1S/C18H22ClN3O2S/c1-3-4-8-22-11-14-6-5-7-17(16(14)12-22)21-25(23,24)15-9-13(2)18(19)20-10-15/h5-7,9-10,21H,3-4,8,11-12H2,1-2H3. The number of halogens is 1. The second-order valence-electron chi connectivity index (χ2n) is 6.39. The second-order valence-corrected chi connectivity index (χ2v) is 8.43. The minimum atomic E-state index is -3.70. The Morgan fingerprint density at radius 2 is 2.12 bits per heavy atom. The fraction of sp³-hybridized carbons (Fsp3) is 0.389. The maximum absolute atomic E-state index is 12.7. The first-order valence-electron chi connectivity index (χ1n) is 8.39. The van der Waals surface area contributed by atoms with Gasteiger partial charge in [0.2, 0.25) is 0 Å². The highest BCUT2D eigenvalue weighted by molar-refractivity contribution is 7.92. The molecule has 2 aromatic rings. The van der Waals surface area contributed by atoms with Crippen LogP contribution in [0, 0.1) is 6.92 Å². The molecule has 0 atom stereocenters. The lowest BCUT2D eigenvalue weighted by Gasteiger charge is -2.14. The number of hydrogen-bond donors (Lipinski definition) is 1. The molecule has 0 spiro atoms. The highest BCUT2D eigenvalue weighted by Gasteiger charge is 2.24. The zero-order chi connectivity index (χ0) is 18.0. The quantitative estimate of drug-likeness (QED) is 0.771. The summed E-state index contributed by atoms with van der Waals surface area (Å²) >= 11 is 5.89. The third kappa shape index (κ3) is 3.97. The minimum Gasteiger partial charge on any atom is -0.295 e. The summed E-state index contributed by atoms with van der Waals surface area (Å²) in [5.41, 5.74) is 3.51. The Hall–Kier alpha value is -1.63. The average Bonchev–Trinajstić information content (AvgIpc) is 2.99. The Morgan fingerprint density at radius 1 is 1.32 bits per heavy atom. The van der Waals surface area contributed by atoms with Crippen molar-refractivity contribution in [3.05, 3.63) is 52.3 Å². The van der Waals surface area contributed by atoms with Crippen molar-refractivity contribution < 1.29 is 8.42 Å². The van der Waals surface area contributed by atoms with Crippen LogP contribution in [0.4, 0.5) is 5.69 Å². The molecule has 2 heterocycles. The zero-order valence-electron chi connectivity index (χ0n) is 14.4. The summed E-state index contributed by atoms with van der Waals surface area (Å²) in [6.07, 6.45) is 3.58. The first kappa shape index (κ1) is 18.2. The molecule has 134 valence electrons. The molecule has 1 aromatic carbocycles. The van der Waals surface area contributed by atoms with Gasteiger partial charge >= 0.3 is 0 Å². The third-order valence-electron chi connectivity index (χ3n) is 4.42. The van der Waals surface area contributed by atoms with Crippen LogP contribution in [-0.4, -0.2) is 24.8 Å². The molecule has 25 heavy (non-hydrogen) atoms. The number of sulfonamides is 1. The molecule has 1 aliphatic rings. The van der Waals surface area contributed by atoms with Crippen LogP contribution in [0.5, 0.6) is 0 Å². The number of nitrogens with zero attached hydrogens (tertiary/aromatic N) is 2. The van der Waals surface area contributed by atoms with Gasteiger partial charge in [0.25, 0.3) is 10.0 Å². The topological polar surface area (TPSA) is 62.3 Å². The van der Waals surface area contributed by atoms with Crippen LogP contribution in [0.1, 0.15) is 36.5 Å². The molecule has 0 fully saturated rings. The molecule has 1 aromatic heterocycles. The molecule has 1 aliphatic heterocycles. The Kier molecular flexibility index (Phi) is 5.32. The molecule has 7 heteroatoms. The Morgan fingerprint density at radius 3 is 2.84 bits per heavy atom. The fourth-order valence-corrected chi connectivity index (χ4v) is 4.23. The van der Waals surface area contributed by atoms with Crippen LogP contribution in [0.15, 0.2) is 35.4 Å². The van der Waals surface area contributed by atoms with E-state index < -0.39 is 10.0 Å². The van der Waals surface area contributed by atoms with Gasteiger partial charge in [-0.1, -0.05) is 37.1 Å². The predicted molar refractivity (Wildman–Crippen MR) is 100 cm³/mol. The SMILES string of the molecule is CCCCN1Cc2cccc(NS(=O)(=O)c3cnc(Cl)c(C)c3)c2C1. The summed E-state index contributed by atoms with van der Waals surface area (Å²) in [7, 11) is -3.70. The van der Waals surface area contributed by atoms with E-state index in [0.717, 1.165) is 38.0 Å². The molecule has 5 nitrogen and oxygen atoms in total. The van der Waals surface area contributed by atoms with E-state index in [1.165, 1.54) is 17.8 Å². The number of pyridine rings is 1. The summed E-state index contributed by atoms with van der Waals surface area (Å²) in [6, 6.07) is 7.31. The molecule has 0 aliphatic carbocycles. The van der Waals surface area contributed by atoms with Gasteiger partial charge in [-0.05, 0) is 48.7 Å². The second kappa shape index (κ2) is 7.32. The molecule has 3 rings (SSSR count).